The van der Waals surface area contributed by atoms with Crippen LogP contribution in [0.3, 0.4) is 0 Å². The molecule has 6 nitrogen and oxygen atoms in total. The molecule has 1 saturated heterocycles. The highest BCUT2D eigenvalue weighted by atomic mass is 16.5. The zero-order valence-electron chi connectivity index (χ0n) is 13.6. The first-order chi connectivity index (χ1) is 11.3. The Balaban J connectivity index is 1.48. The lowest BCUT2D eigenvalue weighted by Gasteiger charge is -2.26. The van der Waals surface area contributed by atoms with Crippen molar-refractivity contribution in [2.45, 2.75) is 38.6 Å². The summed E-state index contributed by atoms with van der Waals surface area (Å²) in [5.41, 5.74) is 3.51. The van der Waals surface area contributed by atoms with E-state index in [2.05, 4.69) is 39.0 Å². The van der Waals surface area contributed by atoms with E-state index >= 15 is 0 Å². The number of benzene rings is 1. The lowest BCUT2D eigenvalue weighted by atomic mass is 10.1. The van der Waals surface area contributed by atoms with Gasteiger partial charge in [-0.2, -0.15) is 0 Å². The van der Waals surface area contributed by atoms with Crippen LogP contribution in [0, 0.1) is 0 Å². The molecule has 2 unspecified atom stereocenters. The first-order valence-electron chi connectivity index (χ1n) is 8.18. The number of hydrogen-bond acceptors (Lipinski definition) is 5. The van der Waals surface area contributed by atoms with Crippen LogP contribution in [0.5, 0.6) is 5.75 Å². The number of rotatable bonds is 4. The van der Waals surface area contributed by atoms with Gasteiger partial charge >= 0.3 is 0 Å². The van der Waals surface area contributed by atoms with Gasteiger partial charge in [0.05, 0.1) is 37.3 Å². The third-order valence-corrected chi connectivity index (χ3v) is 4.83. The molecule has 2 aliphatic rings. The van der Waals surface area contributed by atoms with E-state index in [1.54, 1.807) is 7.11 Å². The molecule has 2 aromatic rings. The molecule has 0 bridgehead atoms. The van der Waals surface area contributed by atoms with Gasteiger partial charge in [-0.25, -0.2) is 4.68 Å². The van der Waals surface area contributed by atoms with Crippen LogP contribution in [0.15, 0.2) is 24.3 Å². The van der Waals surface area contributed by atoms with Crippen molar-refractivity contribution >= 4 is 0 Å². The minimum atomic E-state index is 0.215. The molecule has 0 N–H and O–H groups in total. The van der Waals surface area contributed by atoms with Crippen molar-refractivity contribution in [3.05, 3.63) is 41.2 Å². The number of fused-ring (bicyclic) bond motifs is 3. The number of ether oxygens (including phenoxy) is 2. The molecule has 1 aromatic carbocycles. The molecular weight excluding hydrogens is 292 g/mol. The van der Waals surface area contributed by atoms with Crippen LogP contribution in [-0.4, -0.2) is 46.2 Å². The predicted octanol–water partition coefficient (Wildman–Crippen LogP) is 1.80. The predicted molar refractivity (Wildman–Crippen MR) is 85.3 cm³/mol. The largest absolute Gasteiger partial charge is 0.497 e. The zero-order chi connectivity index (χ0) is 15.8. The molecule has 0 aliphatic carbocycles. The minimum absolute atomic E-state index is 0.215. The monoisotopic (exact) mass is 314 g/mol. The highest BCUT2D eigenvalue weighted by Gasteiger charge is 2.40. The summed E-state index contributed by atoms with van der Waals surface area (Å²) in [6.45, 7) is 5.56. The number of hydrogen-bond donors (Lipinski definition) is 0. The zero-order valence-corrected chi connectivity index (χ0v) is 13.6. The molecule has 0 spiro atoms. The first-order valence-corrected chi connectivity index (χ1v) is 8.18. The van der Waals surface area contributed by atoms with Gasteiger partial charge in [-0.3, -0.25) is 4.90 Å². The lowest BCUT2D eigenvalue weighted by molar-refractivity contribution is -0.00559. The Kier molecular flexibility index (Phi) is 3.79. The van der Waals surface area contributed by atoms with Gasteiger partial charge < -0.3 is 9.47 Å². The molecule has 4 rings (SSSR count). The molecule has 0 radical (unpaired) electrons. The van der Waals surface area contributed by atoms with E-state index in [-0.39, 0.29) is 12.1 Å². The third-order valence-electron chi connectivity index (χ3n) is 4.83. The van der Waals surface area contributed by atoms with E-state index in [0.29, 0.717) is 6.61 Å². The maximum absolute atomic E-state index is 6.07. The van der Waals surface area contributed by atoms with Crippen LogP contribution >= 0.6 is 0 Å². The van der Waals surface area contributed by atoms with Gasteiger partial charge in [-0.05, 0) is 24.1 Å². The molecule has 23 heavy (non-hydrogen) atoms. The Bertz CT molecular complexity index is 682. The normalized spacial score (nSPS) is 23.6. The Labute approximate surface area is 136 Å². The van der Waals surface area contributed by atoms with Crippen LogP contribution < -0.4 is 4.74 Å². The highest BCUT2D eigenvalue weighted by molar-refractivity contribution is 5.27. The average Bonchev–Trinajstić information content (AvgIpc) is 3.18. The van der Waals surface area contributed by atoms with E-state index in [1.165, 1.54) is 5.56 Å². The quantitative estimate of drug-likeness (QED) is 0.861. The van der Waals surface area contributed by atoms with Gasteiger partial charge in [-0.15, -0.1) is 5.10 Å². The maximum Gasteiger partial charge on any atom is 0.118 e. The first kappa shape index (κ1) is 14.7. The number of aryl methyl sites for hydroxylation is 1. The Morgan fingerprint density at radius 1 is 1.26 bits per heavy atom. The molecule has 122 valence electrons. The Morgan fingerprint density at radius 2 is 2.09 bits per heavy atom. The van der Waals surface area contributed by atoms with Gasteiger partial charge in [0, 0.05) is 19.6 Å². The average molecular weight is 314 g/mol. The van der Waals surface area contributed by atoms with Crippen LogP contribution in [0.4, 0.5) is 0 Å². The summed E-state index contributed by atoms with van der Waals surface area (Å²) in [4.78, 5) is 2.43. The Morgan fingerprint density at radius 3 is 2.83 bits per heavy atom. The number of likely N-dealkylation sites (tertiary alicyclic amines) is 1. The van der Waals surface area contributed by atoms with E-state index < -0.39 is 0 Å². The lowest BCUT2D eigenvalue weighted by Crippen LogP contribution is -2.32. The summed E-state index contributed by atoms with van der Waals surface area (Å²) < 4.78 is 13.4. The molecule has 3 heterocycles. The highest BCUT2D eigenvalue weighted by Crippen LogP contribution is 2.32. The Hall–Kier alpha value is -1.92. The third kappa shape index (κ3) is 2.62. The van der Waals surface area contributed by atoms with Crippen LogP contribution in [0.1, 0.15) is 29.9 Å². The van der Waals surface area contributed by atoms with E-state index in [4.69, 9.17) is 9.47 Å². The summed E-state index contributed by atoms with van der Waals surface area (Å²) in [5.74, 6) is 0.895. The number of methoxy groups -OCH3 is 1. The second-order valence-electron chi connectivity index (χ2n) is 6.24. The molecule has 0 saturated carbocycles. The molecule has 1 aromatic heterocycles. The molecule has 6 heteroatoms. The van der Waals surface area contributed by atoms with Crippen LogP contribution in [0.25, 0.3) is 0 Å². The minimum Gasteiger partial charge on any atom is -0.497 e. The second-order valence-corrected chi connectivity index (χ2v) is 6.24. The van der Waals surface area contributed by atoms with Gasteiger partial charge in [0.2, 0.25) is 0 Å². The van der Waals surface area contributed by atoms with E-state index in [9.17, 15) is 0 Å². The second kappa shape index (κ2) is 5.94. The fraction of sp³-hybridized carbons (Fsp3) is 0.529. The van der Waals surface area contributed by atoms with Crippen molar-refractivity contribution in [1.29, 1.82) is 0 Å². The molecular formula is C17H22N4O2. The van der Waals surface area contributed by atoms with Crippen molar-refractivity contribution in [3.63, 3.8) is 0 Å². The molecule has 2 aliphatic heterocycles. The number of nitrogens with zero attached hydrogens (tertiary/aromatic N) is 4. The summed E-state index contributed by atoms with van der Waals surface area (Å²) in [6, 6.07) is 8.55. The molecule has 1 fully saturated rings. The van der Waals surface area contributed by atoms with Crippen molar-refractivity contribution in [3.8, 4) is 5.75 Å². The van der Waals surface area contributed by atoms with E-state index in [0.717, 1.165) is 43.2 Å². The SMILES string of the molecule is CCc1nnn2c1COC1CN(Cc3ccc(OC)cc3)CC12. The van der Waals surface area contributed by atoms with Crippen molar-refractivity contribution in [1.82, 2.24) is 19.9 Å². The summed E-state index contributed by atoms with van der Waals surface area (Å²) in [6.07, 6.45) is 1.12. The van der Waals surface area contributed by atoms with Crippen LogP contribution in [0.2, 0.25) is 0 Å². The summed E-state index contributed by atoms with van der Waals surface area (Å²) in [7, 11) is 1.69. The van der Waals surface area contributed by atoms with Crippen molar-refractivity contribution < 1.29 is 9.47 Å². The summed E-state index contributed by atoms with van der Waals surface area (Å²) >= 11 is 0. The fourth-order valence-electron chi connectivity index (χ4n) is 3.57. The van der Waals surface area contributed by atoms with Gasteiger partial charge in [0.25, 0.3) is 0 Å². The van der Waals surface area contributed by atoms with Crippen LogP contribution in [-0.2, 0) is 24.3 Å². The van der Waals surface area contributed by atoms with E-state index in [1.807, 2.05) is 12.1 Å². The standard InChI is InChI=1S/C17H22N4O2/c1-3-14-16-11-23-17-10-20(9-15(17)21(16)19-18-14)8-12-4-6-13(22-2)7-5-12/h4-7,15,17H,3,8-11H2,1-2H3. The topological polar surface area (TPSA) is 52.4 Å². The van der Waals surface area contributed by atoms with Gasteiger partial charge in [-0.1, -0.05) is 24.3 Å². The number of aromatic nitrogens is 3. The van der Waals surface area contributed by atoms with Crippen molar-refractivity contribution in [2.75, 3.05) is 20.2 Å². The van der Waals surface area contributed by atoms with Gasteiger partial charge in [0.15, 0.2) is 0 Å². The molecule has 2 atom stereocenters. The molecule has 0 amide bonds. The summed E-state index contributed by atoms with van der Waals surface area (Å²) in [5, 5.41) is 8.68. The smallest absolute Gasteiger partial charge is 0.118 e. The van der Waals surface area contributed by atoms with Gasteiger partial charge in [0.1, 0.15) is 5.75 Å². The fourth-order valence-corrected chi connectivity index (χ4v) is 3.57. The maximum atomic E-state index is 6.07. The van der Waals surface area contributed by atoms with Crippen molar-refractivity contribution in [2.24, 2.45) is 0 Å².